The lowest BCUT2D eigenvalue weighted by atomic mass is 9.99. The minimum atomic E-state index is 0.390. The van der Waals surface area contributed by atoms with Crippen LogP contribution in [0.2, 0.25) is 0 Å². The lowest BCUT2D eigenvalue weighted by Crippen LogP contribution is -1.88. The summed E-state index contributed by atoms with van der Waals surface area (Å²) in [5.74, 6) is 0.390. The van der Waals surface area contributed by atoms with Crippen LogP contribution in [0.15, 0.2) is 23.6 Å². The zero-order valence-electron chi connectivity index (χ0n) is 9.16. The van der Waals surface area contributed by atoms with E-state index in [1.807, 2.05) is 12.1 Å². The Morgan fingerprint density at radius 2 is 2.29 bits per heavy atom. The summed E-state index contributed by atoms with van der Waals surface area (Å²) in [7, 11) is 0. The molecule has 1 nitrogen and oxygen atoms in total. The Hall–Kier alpha value is -1.33. The normalized spacial score (nSPS) is 11.7. The summed E-state index contributed by atoms with van der Waals surface area (Å²) in [5.41, 5.74) is 1.82. The average Bonchev–Trinajstić information content (AvgIpc) is 2.59. The second-order valence-corrected chi connectivity index (χ2v) is 4.47. The van der Waals surface area contributed by atoms with Gasteiger partial charge in [-0.15, -0.1) is 11.3 Å². The van der Waals surface area contributed by atoms with Crippen molar-refractivity contribution in [2.24, 2.45) is 0 Å². The highest BCUT2D eigenvalue weighted by Crippen LogP contribution is 2.28. The van der Waals surface area contributed by atoms with Gasteiger partial charge in [-0.3, -0.25) is 0 Å². The van der Waals surface area contributed by atoms with Crippen molar-refractivity contribution in [2.45, 2.75) is 19.8 Å². The molecular formula is C12H11NS. The summed E-state index contributed by atoms with van der Waals surface area (Å²) >= 11 is 1.48. The first-order valence-electron chi connectivity index (χ1n) is 5.05. The van der Waals surface area contributed by atoms with Crippen LogP contribution < -0.4 is 0 Å². The molecule has 0 radical (unpaired) electrons. The molecule has 0 saturated heterocycles. The molecule has 0 unspecified atom stereocenters. The van der Waals surface area contributed by atoms with Crippen LogP contribution in [-0.4, -0.2) is 0 Å². The summed E-state index contributed by atoms with van der Waals surface area (Å²) in [6.07, 6.45) is 0. The van der Waals surface area contributed by atoms with Gasteiger partial charge in [0.2, 0.25) is 0 Å². The van der Waals surface area contributed by atoms with Gasteiger partial charge < -0.3 is 0 Å². The van der Waals surface area contributed by atoms with E-state index in [1.165, 1.54) is 11.3 Å². The van der Waals surface area contributed by atoms with Crippen molar-refractivity contribution in [2.75, 3.05) is 0 Å². The number of hydrogen-bond acceptors (Lipinski definition) is 2. The fraction of sp³-hybridized carbons (Fsp3) is 0.250. The number of nitrogens with zero attached hydrogens (tertiary/aromatic N) is 1. The standard InChI is InChI=1S/C12H11NS/c1-8(2)10-5-9-3-4-14-12(9)11(6-10)7-13/h3-6,8H,1-2H3/i3D. The van der Waals surface area contributed by atoms with Gasteiger partial charge in [-0.2, -0.15) is 5.26 Å². The molecule has 0 aliphatic rings. The lowest BCUT2D eigenvalue weighted by molar-refractivity contribution is 0.868. The Bertz CT molecular complexity index is 548. The van der Waals surface area contributed by atoms with E-state index in [2.05, 4.69) is 19.9 Å². The van der Waals surface area contributed by atoms with Crippen LogP contribution in [0.3, 0.4) is 0 Å². The van der Waals surface area contributed by atoms with Gasteiger partial charge in [0.25, 0.3) is 0 Å². The quantitative estimate of drug-likeness (QED) is 0.688. The fourth-order valence-corrected chi connectivity index (χ4v) is 2.23. The highest BCUT2D eigenvalue weighted by molar-refractivity contribution is 7.17. The van der Waals surface area contributed by atoms with Crippen LogP contribution in [0.4, 0.5) is 0 Å². The number of fused-ring (bicyclic) bond motifs is 1. The average molecular weight is 202 g/mol. The van der Waals surface area contributed by atoms with E-state index < -0.39 is 0 Å². The molecule has 14 heavy (non-hydrogen) atoms. The van der Waals surface area contributed by atoms with E-state index in [9.17, 15) is 0 Å². The Kier molecular flexibility index (Phi) is 1.97. The zero-order chi connectivity index (χ0) is 11.0. The summed E-state index contributed by atoms with van der Waals surface area (Å²) in [6.45, 7) is 4.19. The van der Waals surface area contributed by atoms with Crippen LogP contribution >= 0.6 is 11.3 Å². The summed E-state index contributed by atoms with van der Waals surface area (Å²) in [4.78, 5) is 0. The first-order valence-corrected chi connectivity index (χ1v) is 5.43. The van der Waals surface area contributed by atoms with Gasteiger partial charge in [-0.1, -0.05) is 13.8 Å². The maximum atomic E-state index is 9.05. The van der Waals surface area contributed by atoms with Crippen molar-refractivity contribution in [3.05, 3.63) is 34.7 Å². The van der Waals surface area contributed by atoms with Gasteiger partial charge in [0.05, 0.1) is 11.6 Å². The molecule has 1 heterocycles. The van der Waals surface area contributed by atoms with Crippen molar-refractivity contribution < 1.29 is 1.37 Å². The predicted molar refractivity (Wildman–Crippen MR) is 60.6 cm³/mol. The van der Waals surface area contributed by atoms with Crippen LogP contribution in [0.5, 0.6) is 0 Å². The molecule has 0 N–H and O–H groups in total. The van der Waals surface area contributed by atoms with E-state index in [4.69, 9.17) is 6.63 Å². The third-order valence-corrected chi connectivity index (χ3v) is 3.20. The molecule has 0 aliphatic heterocycles. The maximum absolute atomic E-state index is 9.05. The van der Waals surface area contributed by atoms with Crippen LogP contribution in [0.25, 0.3) is 10.1 Å². The van der Waals surface area contributed by atoms with Crippen LogP contribution in [0.1, 0.15) is 32.3 Å². The van der Waals surface area contributed by atoms with Gasteiger partial charge in [0.15, 0.2) is 0 Å². The second-order valence-electron chi connectivity index (χ2n) is 3.59. The molecule has 0 atom stereocenters. The first-order chi connectivity index (χ1) is 7.13. The Balaban J connectivity index is 2.81. The van der Waals surface area contributed by atoms with Crippen molar-refractivity contribution >= 4 is 21.4 Å². The molecule has 0 fully saturated rings. The molecule has 2 heteroatoms. The number of rotatable bonds is 1. The molecule has 2 rings (SSSR count). The predicted octanol–water partition coefficient (Wildman–Crippen LogP) is 3.90. The molecule has 0 bridgehead atoms. The number of nitriles is 1. The minimum absolute atomic E-state index is 0.390. The Morgan fingerprint density at radius 3 is 2.93 bits per heavy atom. The summed E-state index contributed by atoms with van der Waals surface area (Å²) < 4.78 is 8.69. The summed E-state index contributed by atoms with van der Waals surface area (Å²) in [5, 5.41) is 11.7. The molecule has 0 saturated carbocycles. The monoisotopic (exact) mass is 202 g/mol. The first kappa shape index (κ1) is 8.02. The third-order valence-electron chi connectivity index (χ3n) is 2.29. The molecule has 1 aromatic carbocycles. The van der Waals surface area contributed by atoms with Crippen molar-refractivity contribution in [3.8, 4) is 6.07 Å². The zero-order valence-corrected chi connectivity index (χ0v) is 8.98. The molecule has 2 aromatic rings. The van der Waals surface area contributed by atoms with Crippen molar-refractivity contribution in [1.82, 2.24) is 0 Å². The second kappa shape index (κ2) is 3.43. The van der Waals surface area contributed by atoms with Gasteiger partial charge in [-0.25, -0.2) is 0 Å². The maximum Gasteiger partial charge on any atom is 0.101 e. The highest BCUT2D eigenvalue weighted by atomic mass is 32.1. The van der Waals surface area contributed by atoms with Crippen molar-refractivity contribution in [3.63, 3.8) is 0 Å². The molecule has 0 amide bonds. The van der Waals surface area contributed by atoms with Crippen LogP contribution in [-0.2, 0) is 0 Å². The largest absolute Gasteiger partial charge is 0.192 e. The van der Waals surface area contributed by atoms with Gasteiger partial charge in [-0.05, 0) is 40.4 Å². The van der Waals surface area contributed by atoms with Gasteiger partial charge >= 0.3 is 0 Å². The lowest BCUT2D eigenvalue weighted by Gasteiger charge is -2.05. The van der Waals surface area contributed by atoms with Crippen molar-refractivity contribution in [1.29, 1.82) is 5.26 Å². The Morgan fingerprint density at radius 1 is 1.50 bits per heavy atom. The molecule has 70 valence electrons. The number of benzene rings is 1. The van der Waals surface area contributed by atoms with E-state index in [-0.39, 0.29) is 0 Å². The third kappa shape index (κ3) is 1.40. The SMILES string of the molecule is [2H]c1csc2c(C#N)cc(C(C)C)cc12. The van der Waals surface area contributed by atoms with Gasteiger partial charge in [0, 0.05) is 0 Å². The molecule has 1 aromatic heterocycles. The van der Waals surface area contributed by atoms with Crippen LogP contribution in [0, 0.1) is 11.3 Å². The molecule has 0 spiro atoms. The van der Waals surface area contributed by atoms with E-state index in [1.54, 1.807) is 5.38 Å². The highest BCUT2D eigenvalue weighted by Gasteiger charge is 2.06. The smallest absolute Gasteiger partial charge is 0.101 e. The van der Waals surface area contributed by atoms with E-state index in [0.717, 1.165) is 15.6 Å². The molecule has 0 aliphatic carbocycles. The topological polar surface area (TPSA) is 23.8 Å². The minimum Gasteiger partial charge on any atom is -0.192 e. The molecular weight excluding hydrogens is 190 g/mol. The number of thiophene rings is 1. The summed E-state index contributed by atoms with van der Waals surface area (Å²) in [6, 6.07) is 6.69. The van der Waals surface area contributed by atoms with Gasteiger partial charge in [0.1, 0.15) is 6.07 Å². The van der Waals surface area contributed by atoms with E-state index >= 15 is 0 Å². The number of hydrogen-bond donors (Lipinski definition) is 0. The Labute approximate surface area is 89.0 Å². The van der Waals surface area contributed by atoms with E-state index in [0.29, 0.717) is 17.5 Å². The fourth-order valence-electron chi connectivity index (χ4n) is 1.45.